The van der Waals surface area contributed by atoms with Crippen molar-refractivity contribution in [2.45, 2.75) is 29.6 Å². The molecule has 0 radical (unpaired) electrons. The van der Waals surface area contributed by atoms with Gasteiger partial charge < -0.3 is 10.2 Å². The summed E-state index contributed by atoms with van der Waals surface area (Å²) in [7, 11) is -2.00. The average molecular weight is 398 g/mol. The van der Waals surface area contributed by atoms with Crippen LogP contribution in [0.15, 0.2) is 63.9 Å². The van der Waals surface area contributed by atoms with Crippen LogP contribution >= 0.6 is 0 Å². The van der Waals surface area contributed by atoms with E-state index in [0.717, 1.165) is 19.3 Å². The number of sulfonamides is 1. The fourth-order valence-electron chi connectivity index (χ4n) is 3.94. The van der Waals surface area contributed by atoms with E-state index in [1.165, 1.54) is 11.6 Å². The SMILES string of the molecule is CN(CC(=O)NCC1(c2ccccc2)CCC1)C1=NS(=O)(=O)c2ccccc21. The maximum atomic E-state index is 12.5. The van der Waals surface area contributed by atoms with Crippen molar-refractivity contribution in [3.8, 4) is 0 Å². The van der Waals surface area contributed by atoms with E-state index in [9.17, 15) is 13.2 Å². The fourth-order valence-corrected chi connectivity index (χ4v) is 5.19. The Bertz CT molecular complexity index is 1030. The number of fused-ring (bicyclic) bond motifs is 1. The van der Waals surface area contributed by atoms with Crippen LogP contribution in [0, 0.1) is 0 Å². The van der Waals surface area contributed by atoms with Crippen molar-refractivity contribution in [2.75, 3.05) is 20.1 Å². The second-order valence-corrected chi connectivity index (χ2v) is 9.09. The first-order chi connectivity index (χ1) is 13.4. The molecule has 146 valence electrons. The molecule has 2 aromatic carbocycles. The Balaban J connectivity index is 1.42. The quantitative estimate of drug-likeness (QED) is 0.840. The van der Waals surface area contributed by atoms with Gasteiger partial charge >= 0.3 is 0 Å². The first kappa shape index (κ1) is 18.7. The maximum Gasteiger partial charge on any atom is 0.285 e. The van der Waals surface area contributed by atoms with Gasteiger partial charge in [0.1, 0.15) is 4.90 Å². The highest BCUT2D eigenvalue weighted by Gasteiger charge is 2.39. The highest BCUT2D eigenvalue weighted by molar-refractivity contribution is 7.90. The van der Waals surface area contributed by atoms with Crippen molar-refractivity contribution in [2.24, 2.45) is 4.40 Å². The Kier molecular flexibility index (Phi) is 4.71. The van der Waals surface area contributed by atoms with Gasteiger partial charge in [0.05, 0.1) is 6.54 Å². The van der Waals surface area contributed by atoms with E-state index in [1.807, 2.05) is 18.2 Å². The Morgan fingerprint density at radius 1 is 1.11 bits per heavy atom. The van der Waals surface area contributed by atoms with Crippen LogP contribution in [0.4, 0.5) is 0 Å². The second kappa shape index (κ2) is 7.05. The summed E-state index contributed by atoms with van der Waals surface area (Å²) in [6.45, 7) is 0.638. The molecule has 4 rings (SSSR count). The smallest absolute Gasteiger partial charge is 0.285 e. The zero-order valence-electron chi connectivity index (χ0n) is 15.8. The number of nitrogens with one attached hydrogen (secondary N) is 1. The highest BCUT2D eigenvalue weighted by atomic mass is 32.2. The van der Waals surface area contributed by atoms with Crippen molar-refractivity contribution < 1.29 is 13.2 Å². The zero-order chi connectivity index (χ0) is 19.8. The topological polar surface area (TPSA) is 78.8 Å². The van der Waals surface area contributed by atoms with Gasteiger partial charge in [-0.05, 0) is 30.5 Å². The van der Waals surface area contributed by atoms with E-state index < -0.39 is 10.0 Å². The van der Waals surface area contributed by atoms with Gasteiger partial charge in [-0.2, -0.15) is 8.42 Å². The third-order valence-corrected chi connectivity index (χ3v) is 7.00. The molecule has 1 amide bonds. The fraction of sp³-hybridized carbons (Fsp3) is 0.333. The van der Waals surface area contributed by atoms with Crippen LogP contribution in [0.1, 0.15) is 30.4 Å². The lowest BCUT2D eigenvalue weighted by molar-refractivity contribution is -0.121. The van der Waals surface area contributed by atoms with E-state index in [2.05, 4.69) is 21.8 Å². The number of nitrogens with zero attached hydrogens (tertiary/aromatic N) is 2. The molecule has 1 N–H and O–H groups in total. The minimum absolute atomic E-state index is 0.0102. The van der Waals surface area contributed by atoms with Gasteiger partial charge in [-0.1, -0.05) is 48.9 Å². The Morgan fingerprint density at radius 3 is 2.46 bits per heavy atom. The first-order valence-electron chi connectivity index (χ1n) is 9.39. The second-order valence-electron chi connectivity index (χ2n) is 7.52. The number of amidine groups is 1. The molecule has 7 heteroatoms. The molecule has 1 heterocycles. The van der Waals surface area contributed by atoms with Crippen LogP contribution in [0.3, 0.4) is 0 Å². The summed E-state index contributed by atoms with van der Waals surface area (Å²) in [6, 6.07) is 17.0. The number of carbonyl (C=O) groups is 1. The summed E-state index contributed by atoms with van der Waals surface area (Å²) in [5, 5.41) is 3.04. The largest absolute Gasteiger partial charge is 0.354 e. The molecule has 2 aliphatic rings. The summed E-state index contributed by atoms with van der Waals surface area (Å²) in [5.74, 6) is 0.168. The first-order valence-corrected chi connectivity index (χ1v) is 10.8. The van der Waals surface area contributed by atoms with E-state index in [0.29, 0.717) is 17.9 Å². The molecule has 2 aromatic rings. The molecule has 1 fully saturated rings. The standard InChI is InChI=1S/C21H23N3O3S/c1-24(20-17-10-5-6-11-18(17)28(26,27)23-20)14-19(25)22-15-21(12-7-13-21)16-8-3-2-4-9-16/h2-6,8-11H,7,12-15H2,1H3,(H,22,25). The lowest BCUT2D eigenvalue weighted by atomic mass is 9.64. The Hall–Kier alpha value is -2.67. The van der Waals surface area contributed by atoms with Crippen molar-refractivity contribution in [1.82, 2.24) is 10.2 Å². The third-order valence-electron chi connectivity index (χ3n) is 5.68. The van der Waals surface area contributed by atoms with Crippen LogP contribution in [-0.4, -0.2) is 45.2 Å². The van der Waals surface area contributed by atoms with E-state index >= 15 is 0 Å². The van der Waals surface area contributed by atoms with Crippen LogP contribution in [-0.2, 0) is 20.2 Å². The van der Waals surface area contributed by atoms with Gasteiger partial charge in [0.25, 0.3) is 10.0 Å². The van der Waals surface area contributed by atoms with Gasteiger partial charge in [-0.25, -0.2) is 0 Å². The van der Waals surface area contributed by atoms with Gasteiger partial charge in [-0.15, -0.1) is 4.40 Å². The van der Waals surface area contributed by atoms with Gasteiger partial charge in [0, 0.05) is 24.6 Å². The van der Waals surface area contributed by atoms with Crippen molar-refractivity contribution in [1.29, 1.82) is 0 Å². The molecular weight excluding hydrogens is 374 g/mol. The molecular formula is C21H23N3O3S. The van der Waals surface area contributed by atoms with Gasteiger partial charge in [-0.3, -0.25) is 4.79 Å². The Labute approximate surface area is 165 Å². The number of benzene rings is 2. The predicted octanol–water partition coefficient (Wildman–Crippen LogP) is 2.31. The maximum absolute atomic E-state index is 12.5. The third kappa shape index (κ3) is 3.30. The molecule has 0 bridgehead atoms. The molecule has 0 aromatic heterocycles. The molecule has 0 saturated heterocycles. The minimum atomic E-state index is -3.69. The number of likely N-dealkylation sites (N-methyl/N-ethyl adjacent to an activating group) is 1. The highest BCUT2D eigenvalue weighted by Crippen LogP contribution is 2.43. The van der Waals surface area contributed by atoms with E-state index in [-0.39, 0.29) is 22.8 Å². The molecule has 0 spiro atoms. The van der Waals surface area contributed by atoms with E-state index in [4.69, 9.17) is 0 Å². The lowest BCUT2D eigenvalue weighted by Crippen LogP contribution is -2.48. The Morgan fingerprint density at radius 2 is 1.79 bits per heavy atom. The number of rotatable bonds is 5. The van der Waals surface area contributed by atoms with E-state index in [1.54, 1.807) is 30.1 Å². The van der Waals surface area contributed by atoms with Crippen LogP contribution < -0.4 is 5.32 Å². The summed E-state index contributed by atoms with van der Waals surface area (Å²) in [4.78, 5) is 14.3. The average Bonchev–Trinajstić information content (AvgIpc) is 2.93. The van der Waals surface area contributed by atoms with Crippen molar-refractivity contribution >= 4 is 21.8 Å². The number of hydrogen-bond acceptors (Lipinski definition) is 4. The molecule has 1 saturated carbocycles. The molecule has 0 unspecified atom stereocenters. The molecule has 6 nitrogen and oxygen atoms in total. The van der Waals surface area contributed by atoms with Crippen molar-refractivity contribution in [3.05, 3.63) is 65.7 Å². The normalized spacial score (nSPS) is 18.5. The van der Waals surface area contributed by atoms with Gasteiger partial charge in [0.15, 0.2) is 5.84 Å². The zero-order valence-corrected chi connectivity index (χ0v) is 16.6. The molecule has 1 aliphatic heterocycles. The van der Waals surface area contributed by atoms with Crippen LogP contribution in [0.2, 0.25) is 0 Å². The summed E-state index contributed by atoms with van der Waals surface area (Å²) in [5.41, 5.74) is 1.81. The van der Waals surface area contributed by atoms with Crippen LogP contribution in [0.5, 0.6) is 0 Å². The number of amides is 1. The lowest BCUT2D eigenvalue weighted by Gasteiger charge is -2.42. The van der Waals surface area contributed by atoms with Crippen LogP contribution in [0.25, 0.3) is 0 Å². The summed E-state index contributed by atoms with van der Waals surface area (Å²) < 4.78 is 28.3. The minimum Gasteiger partial charge on any atom is -0.354 e. The molecule has 28 heavy (non-hydrogen) atoms. The number of carbonyl (C=O) groups excluding carboxylic acids is 1. The summed E-state index contributed by atoms with van der Waals surface area (Å²) >= 11 is 0. The molecule has 0 atom stereocenters. The number of hydrogen-bond donors (Lipinski definition) is 1. The summed E-state index contributed by atoms with van der Waals surface area (Å²) in [6.07, 6.45) is 3.28. The molecule has 1 aliphatic carbocycles. The van der Waals surface area contributed by atoms with Crippen molar-refractivity contribution in [3.63, 3.8) is 0 Å². The predicted molar refractivity (Wildman–Crippen MR) is 108 cm³/mol. The monoisotopic (exact) mass is 397 g/mol. The van der Waals surface area contributed by atoms with Gasteiger partial charge in [0.2, 0.25) is 5.91 Å².